The SMILES string of the molecule is CCN1CCN(c2cc(C)c3cc(NC(=S)NCCCN4CCC(Cc5ccccc5)CC4)ccc3n2)CC1. The van der Waals surface area contributed by atoms with Gasteiger partial charge in [0.2, 0.25) is 0 Å². The zero-order valence-electron chi connectivity index (χ0n) is 23.7. The number of rotatable bonds is 9. The van der Waals surface area contributed by atoms with E-state index in [1.807, 2.05) is 0 Å². The highest BCUT2D eigenvalue weighted by Gasteiger charge is 2.20. The second-order valence-electron chi connectivity index (χ2n) is 11.2. The lowest BCUT2D eigenvalue weighted by atomic mass is 9.90. The van der Waals surface area contributed by atoms with Gasteiger partial charge in [0, 0.05) is 43.8 Å². The molecule has 3 aromatic rings. The number of benzene rings is 2. The van der Waals surface area contributed by atoms with E-state index in [0.717, 1.165) is 75.2 Å². The largest absolute Gasteiger partial charge is 0.362 e. The van der Waals surface area contributed by atoms with Crippen LogP contribution in [-0.2, 0) is 6.42 Å². The number of anilines is 2. The lowest BCUT2D eigenvalue weighted by molar-refractivity contribution is 0.183. The molecule has 208 valence electrons. The Hall–Kier alpha value is -2.74. The molecule has 5 rings (SSSR count). The summed E-state index contributed by atoms with van der Waals surface area (Å²) in [5, 5.41) is 8.65. The molecule has 0 bridgehead atoms. The number of piperazine rings is 1. The summed E-state index contributed by atoms with van der Waals surface area (Å²) in [6.45, 7) is 14.3. The Labute approximate surface area is 239 Å². The Morgan fingerprint density at radius 2 is 1.72 bits per heavy atom. The van der Waals surface area contributed by atoms with Crippen LogP contribution < -0.4 is 15.5 Å². The third-order valence-corrected chi connectivity index (χ3v) is 8.66. The number of likely N-dealkylation sites (tertiary alicyclic amines) is 1. The number of piperidine rings is 1. The normalized spacial score (nSPS) is 17.4. The van der Waals surface area contributed by atoms with Crippen molar-refractivity contribution in [3.8, 4) is 0 Å². The first-order valence-corrected chi connectivity index (χ1v) is 15.2. The minimum absolute atomic E-state index is 0.687. The molecule has 0 unspecified atom stereocenters. The van der Waals surface area contributed by atoms with Crippen molar-refractivity contribution >= 4 is 39.7 Å². The van der Waals surface area contributed by atoms with E-state index in [1.165, 1.54) is 48.9 Å². The van der Waals surface area contributed by atoms with Gasteiger partial charge in [0.05, 0.1) is 5.52 Å². The monoisotopic (exact) mass is 544 g/mol. The van der Waals surface area contributed by atoms with Crippen molar-refractivity contribution in [2.75, 3.05) is 69.1 Å². The van der Waals surface area contributed by atoms with Gasteiger partial charge in [-0.1, -0.05) is 37.3 Å². The highest BCUT2D eigenvalue weighted by Crippen LogP contribution is 2.26. The molecular formula is C32H44N6S. The molecule has 0 aliphatic carbocycles. The van der Waals surface area contributed by atoms with Crippen LogP contribution in [0.25, 0.3) is 10.9 Å². The van der Waals surface area contributed by atoms with E-state index < -0.39 is 0 Å². The molecule has 39 heavy (non-hydrogen) atoms. The Morgan fingerprint density at radius 3 is 2.46 bits per heavy atom. The molecule has 0 saturated carbocycles. The standard InChI is InChI=1S/C32H44N6S/c1-3-36-18-20-38(21-19-36)31-22-25(2)29-24-28(10-11-30(29)35-31)34-32(39)33-14-7-15-37-16-12-27(13-17-37)23-26-8-5-4-6-9-26/h4-6,8-11,22,24,27H,3,7,12-21,23H2,1-2H3,(H2,33,34,39). The Balaban J connectivity index is 1.04. The highest BCUT2D eigenvalue weighted by atomic mass is 32.1. The van der Waals surface area contributed by atoms with Crippen LogP contribution in [0.3, 0.4) is 0 Å². The van der Waals surface area contributed by atoms with Gasteiger partial charge in [-0.15, -0.1) is 0 Å². The van der Waals surface area contributed by atoms with E-state index in [9.17, 15) is 0 Å². The van der Waals surface area contributed by atoms with Crippen molar-refractivity contribution in [3.63, 3.8) is 0 Å². The fourth-order valence-electron chi connectivity index (χ4n) is 5.95. The number of thiocarbonyl (C=S) groups is 1. The fraction of sp³-hybridized carbons (Fsp3) is 0.500. The number of fused-ring (bicyclic) bond motifs is 1. The minimum atomic E-state index is 0.687. The number of pyridine rings is 1. The van der Waals surface area contributed by atoms with Crippen LogP contribution >= 0.6 is 12.2 Å². The van der Waals surface area contributed by atoms with Gasteiger partial charge in [0.15, 0.2) is 5.11 Å². The van der Waals surface area contributed by atoms with E-state index in [0.29, 0.717) is 5.11 Å². The average molecular weight is 545 g/mol. The highest BCUT2D eigenvalue weighted by molar-refractivity contribution is 7.80. The molecule has 2 saturated heterocycles. The summed E-state index contributed by atoms with van der Waals surface area (Å²) in [5.74, 6) is 1.91. The number of aryl methyl sites for hydroxylation is 1. The zero-order chi connectivity index (χ0) is 27.0. The van der Waals surface area contributed by atoms with Crippen molar-refractivity contribution in [1.82, 2.24) is 20.1 Å². The van der Waals surface area contributed by atoms with Crippen LogP contribution in [0.5, 0.6) is 0 Å². The number of hydrogen-bond acceptors (Lipinski definition) is 5. The fourth-order valence-corrected chi connectivity index (χ4v) is 6.17. The number of hydrogen-bond donors (Lipinski definition) is 2. The van der Waals surface area contributed by atoms with E-state index >= 15 is 0 Å². The molecule has 1 aromatic heterocycles. The predicted octanol–water partition coefficient (Wildman–Crippen LogP) is 5.32. The first-order chi connectivity index (χ1) is 19.1. The van der Waals surface area contributed by atoms with Crippen LogP contribution in [-0.4, -0.2) is 78.8 Å². The maximum absolute atomic E-state index is 5.60. The Bertz CT molecular complexity index is 1220. The third-order valence-electron chi connectivity index (χ3n) is 8.41. The minimum Gasteiger partial charge on any atom is -0.362 e. The lowest BCUT2D eigenvalue weighted by Gasteiger charge is -2.35. The second kappa shape index (κ2) is 13.6. The van der Waals surface area contributed by atoms with Crippen molar-refractivity contribution in [1.29, 1.82) is 0 Å². The van der Waals surface area contributed by atoms with Gasteiger partial charge in [0.25, 0.3) is 0 Å². The van der Waals surface area contributed by atoms with E-state index in [-0.39, 0.29) is 0 Å². The quantitative estimate of drug-likeness (QED) is 0.279. The number of aromatic nitrogens is 1. The molecule has 0 amide bonds. The van der Waals surface area contributed by atoms with Gasteiger partial charge in [0.1, 0.15) is 5.82 Å². The molecule has 2 aromatic carbocycles. The smallest absolute Gasteiger partial charge is 0.170 e. The van der Waals surface area contributed by atoms with E-state index in [1.54, 1.807) is 0 Å². The topological polar surface area (TPSA) is 46.7 Å². The first kappa shape index (κ1) is 27.8. The second-order valence-corrected chi connectivity index (χ2v) is 11.6. The van der Waals surface area contributed by atoms with Gasteiger partial charge < -0.3 is 25.3 Å². The van der Waals surface area contributed by atoms with Crippen molar-refractivity contribution < 1.29 is 0 Å². The molecule has 0 radical (unpaired) electrons. The molecule has 2 fully saturated rings. The van der Waals surface area contributed by atoms with Gasteiger partial charge in [-0.05, 0) is 112 Å². The molecule has 0 spiro atoms. The summed E-state index contributed by atoms with van der Waals surface area (Å²) in [6.07, 6.45) is 4.92. The lowest BCUT2D eigenvalue weighted by Crippen LogP contribution is -2.46. The maximum atomic E-state index is 5.60. The maximum Gasteiger partial charge on any atom is 0.170 e. The number of nitrogens with zero attached hydrogens (tertiary/aromatic N) is 4. The summed E-state index contributed by atoms with van der Waals surface area (Å²) in [6, 6.07) is 19.5. The van der Waals surface area contributed by atoms with Crippen LogP contribution in [0, 0.1) is 12.8 Å². The van der Waals surface area contributed by atoms with Crippen LogP contribution in [0.15, 0.2) is 54.6 Å². The summed E-state index contributed by atoms with van der Waals surface area (Å²) in [5.41, 5.74) is 4.78. The molecule has 6 nitrogen and oxygen atoms in total. The van der Waals surface area contributed by atoms with Crippen molar-refractivity contribution in [2.24, 2.45) is 5.92 Å². The molecule has 2 aliphatic heterocycles. The van der Waals surface area contributed by atoms with E-state index in [4.69, 9.17) is 17.2 Å². The Morgan fingerprint density at radius 1 is 0.949 bits per heavy atom. The van der Waals surface area contributed by atoms with Crippen LogP contribution in [0.2, 0.25) is 0 Å². The predicted molar refractivity (Wildman–Crippen MR) is 169 cm³/mol. The molecule has 7 heteroatoms. The first-order valence-electron chi connectivity index (χ1n) is 14.8. The van der Waals surface area contributed by atoms with Gasteiger partial charge in [-0.3, -0.25) is 0 Å². The van der Waals surface area contributed by atoms with Crippen molar-refractivity contribution in [3.05, 3.63) is 65.7 Å². The summed E-state index contributed by atoms with van der Waals surface area (Å²) in [4.78, 5) is 12.5. The number of likely N-dealkylation sites (N-methyl/N-ethyl adjacent to an activating group) is 1. The molecule has 2 aliphatic rings. The summed E-state index contributed by atoms with van der Waals surface area (Å²) >= 11 is 5.60. The number of nitrogens with one attached hydrogen (secondary N) is 2. The average Bonchev–Trinajstić information content (AvgIpc) is 2.97. The van der Waals surface area contributed by atoms with Gasteiger partial charge >= 0.3 is 0 Å². The van der Waals surface area contributed by atoms with Crippen LogP contribution in [0.1, 0.15) is 37.3 Å². The van der Waals surface area contributed by atoms with Crippen molar-refractivity contribution in [2.45, 2.75) is 39.5 Å². The van der Waals surface area contributed by atoms with E-state index in [2.05, 4.69) is 93.8 Å². The summed E-state index contributed by atoms with van der Waals surface area (Å²) < 4.78 is 0. The van der Waals surface area contributed by atoms with Gasteiger partial charge in [-0.25, -0.2) is 4.98 Å². The zero-order valence-corrected chi connectivity index (χ0v) is 24.5. The third kappa shape index (κ3) is 7.68. The van der Waals surface area contributed by atoms with Crippen LogP contribution in [0.4, 0.5) is 11.5 Å². The van der Waals surface area contributed by atoms with Gasteiger partial charge in [-0.2, -0.15) is 0 Å². The molecule has 3 heterocycles. The summed E-state index contributed by atoms with van der Waals surface area (Å²) in [7, 11) is 0. The molecule has 0 atom stereocenters. The molecule has 2 N–H and O–H groups in total. The Kier molecular flexibility index (Phi) is 9.67. The molecular weight excluding hydrogens is 500 g/mol.